The van der Waals surface area contributed by atoms with Crippen LogP contribution in [0.3, 0.4) is 0 Å². The van der Waals surface area contributed by atoms with Gasteiger partial charge in [0, 0.05) is 0 Å². The number of rotatable bonds is 5. The molecule has 0 saturated carbocycles. The summed E-state index contributed by atoms with van der Waals surface area (Å²) < 4.78 is 0. The van der Waals surface area contributed by atoms with E-state index in [0.717, 1.165) is 17.8 Å². The van der Waals surface area contributed by atoms with Crippen LogP contribution in [0.15, 0.2) is 11.6 Å². The summed E-state index contributed by atoms with van der Waals surface area (Å²) in [5, 5.41) is 0. The van der Waals surface area contributed by atoms with Gasteiger partial charge in [-0.05, 0) is 49.9 Å². The Morgan fingerprint density at radius 1 is 1.14 bits per heavy atom. The van der Waals surface area contributed by atoms with E-state index in [1.807, 2.05) is 0 Å². The van der Waals surface area contributed by atoms with E-state index in [1.54, 1.807) is 5.57 Å². The summed E-state index contributed by atoms with van der Waals surface area (Å²) in [6.07, 6.45) is 9.38. The zero-order valence-corrected chi connectivity index (χ0v) is 10.3. The normalized spacial score (nSPS) is 21.1. The minimum atomic E-state index is 0.846. The molecule has 1 rings (SSSR count). The van der Waals surface area contributed by atoms with E-state index in [4.69, 9.17) is 0 Å². The first kappa shape index (κ1) is 11.8. The van der Waals surface area contributed by atoms with Crippen LogP contribution >= 0.6 is 0 Å². The van der Waals surface area contributed by atoms with E-state index in [-0.39, 0.29) is 0 Å². The maximum Gasteiger partial charge on any atom is -0.0232 e. The van der Waals surface area contributed by atoms with Crippen molar-refractivity contribution in [3.8, 4) is 0 Å². The highest BCUT2D eigenvalue weighted by molar-refractivity contribution is 5.10. The molecule has 0 aromatic rings. The van der Waals surface area contributed by atoms with Gasteiger partial charge in [-0.1, -0.05) is 39.3 Å². The molecule has 0 fully saturated rings. The summed E-state index contributed by atoms with van der Waals surface area (Å²) in [6, 6.07) is 0. The summed E-state index contributed by atoms with van der Waals surface area (Å²) in [6.45, 7) is 9.47. The molecule has 0 heteroatoms. The predicted molar refractivity (Wildman–Crippen MR) is 64.3 cm³/mol. The maximum atomic E-state index is 2.48. The van der Waals surface area contributed by atoms with E-state index in [0.29, 0.717) is 0 Å². The second kappa shape index (κ2) is 5.58. The zero-order valence-electron chi connectivity index (χ0n) is 10.3. The first-order chi connectivity index (χ1) is 6.61. The van der Waals surface area contributed by atoms with Crippen LogP contribution in [0.4, 0.5) is 0 Å². The molecule has 2 unspecified atom stereocenters. The lowest BCUT2D eigenvalue weighted by molar-refractivity contribution is 0.362. The van der Waals surface area contributed by atoms with Gasteiger partial charge >= 0.3 is 0 Å². The van der Waals surface area contributed by atoms with Crippen LogP contribution in [0.1, 0.15) is 59.8 Å². The Kier molecular flexibility index (Phi) is 4.71. The number of hydrogen-bond donors (Lipinski definition) is 0. The topological polar surface area (TPSA) is 0 Å². The summed E-state index contributed by atoms with van der Waals surface area (Å²) in [5.74, 6) is 2.58. The van der Waals surface area contributed by atoms with Crippen LogP contribution in [0, 0.1) is 17.8 Å². The molecule has 0 amide bonds. The lowest BCUT2D eigenvalue weighted by Gasteiger charge is -2.19. The molecular formula is C14H26. The Balaban J connectivity index is 2.23. The SMILES string of the molecule is CC(CCC(C)C(C)C)C1=CCCC1. The molecule has 0 spiro atoms. The van der Waals surface area contributed by atoms with Crippen LogP contribution in [0.25, 0.3) is 0 Å². The molecule has 0 bridgehead atoms. The molecule has 2 atom stereocenters. The van der Waals surface area contributed by atoms with E-state index >= 15 is 0 Å². The molecule has 0 aromatic heterocycles. The molecule has 0 N–H and O–H groups in total. The van der Waals surface area contributed by atoms with Crippen LogP contribution in [-0.2, 0) is 0 Å². The Labute approximate surface area is 89.8 Å². The molecule has 0 saturated heterocycles. The van der Waals surface area contributed by atoms with E-state index in [2.05, 4.69) is 33.8 Å². The summed E-state index contributed by atoms with van der Waals surface area (Å²) in [5.41, 5.74) is 1.74. The third kappa shape index (κ3) is 3.48. The third-order valence-corrected chi connectivity index (χ3v) is 3.90. The highest BCUT2D eigenvalue weighted by Crippen LogP contribution is 2.29. The van der Waals surface area contributed by atoms with Crippen molar-refractivity contribution in [1.29, 1.82) is 0 Å². The molecule has 14 heavy (non-hydrogen) atoms. The quantitative estimate of drug-likeness (QED) is 0.551. The molecule has 0 nitrogen and oxygen atoms in total. The molecule has 1 aliphatic rings. The van der Waals surface area contributed by atoms with Crippen LogP contribution in [-0.4, -0.2) is 0 Å². The van der Waals surface area contributed by atoms with Crippen LogP contribution in [0.2, 0.25) is 0 Å². The monoisotopic (exact) mass is 194 g/mol. The molecule has 82 valence electrons. The second-order valence-electron chi connectivity index (χ2n) is 5.37. The van der Waals surface area contributed by atoms with Gasteiger partial charge in [0.05, 0.1) is 0 Å². The van der Waals surface area contributed by atoms with Gasteiger partial charge < -0.3 is 0 Å². The van der Waals surface area contributed by atoms with Crippen molar-refractivity contribution < 1.29 is 0 Å². The first-order valence-electron chi connectivity index (χ1n) is 6.30. The van der Waals surface area contributed by atoms with Crippen molar-refractivity contribution in [2.75, 3.05) is 0 Å². The molecule has 1 aliphatic carbocycles. The van der Waals surface area contributed by atoms with Gasteiger partial charge in [0.2, 0.25) is 0 Å². The Hall–Kier alpha value is -0.260. The molecule has 0 aromatic carbocycles. The summed E-state index contributed by atoms with van der Waals surface area (Å²) in [7, 11) is 0. The lowest BCUT2D eigenvalue weighted by Crippen LogP contribution is -2.07. The van der Waals surface area contributed by atoms with E-state index < -0.39 is 0 Å². The van der Waals surface area contributed by atoms with Crippen molar-refractivity contribution in [3.05, 3.63) is 11.6 Å². The summed E-state index contributed by atoms with van der Waals surface area (Å²) >= 11 is 0. The highest BCUT2D eigenvalue weighted by Gasteiger charge is 2.14. The van der Waals surface area contributed by atoms with Gasteiger partial charge in [0.15, 0.2) is 0 Å². The smallest absolute Gasteiger partial charge is 0.0232 e. The van der Waals surface area contributed by atoms with E-state index in [9.17, 15) is 0 Å². The van der Waals surface area contributed by atoms with Gasteiger partial charge in [-0.2, -0.15) is 0 Å². The summed E-state index contributed by atoms with van der Waals surface area (Å²) in [4.78, 5) is 0. The van der Waals surface area contributed by atoms with Gasteiger partial charge in [-0.15, -0.1) is 0 Å². The van der Waals surface area contributed by atoms with Gasteiger partial charge in [-0.3, -0.25) is 0 Å². The van der Waals surface area contributed by atoms with Crippen molar-refractivity contribution in [1.82, 2.24) is 0 Å². The van der Waals surface area contributed by atoms with Gasteiger partial charge in [-0.25, -0.2) is 0 Å². The van der Waals surface area contributed by atoms with Crippen molar-refractivity contribution >= 4 is 0 Å². The average Bonchev–Trinajstić information content (AvgIpc) is 2.66. The predicted octanol–water partition coefficient (Wildman–Crippen LogP) is 4.81. The minimum absolute atomic E-state index is 0.846. The van der Waals surface area contributed by atoms with Crippen LogP contribution < -0.4 is 0 Å². The largest absolute Gasteiger partial charge is 0.0851 e. The lowest BCUT2D eigenvalue weighted by atomic mass is 9.87. The minimum Gasteiger partial charge on any atom is -0.0851 e. The Bertz CT molecular complexity index is 188. The molecular weight excluding hydrogens is 168 g/mol. The zero-order chi connectivity index (χ0) is 10.6. The molecule has 0 radical (unpaired) electrons. The Morgan fingerprint density at radius 2 is 1.86 bits per heavy atom. The van der Waals surface area contributed by atoms with Gasteiger partial charge in [0.25, 0.3) is 0 Å². The standard InChI is InChI=1S/C14H26/c1-11(2)12(3)9-10-13(4)14-7-5-6-8-14/h7,11-13H,5-6,8-10H2,1-4H3. The molecule has 0 aliphatic heterocycles. The number of allylic oxidation sites excluding steroid dienone is 2. The third-order valence-electron chi connectivity index (χ3n) is 3.90. The Morgan fingerprint density at radius 3 is 2.36 bits per heavy atom. The number of hydrogen-bond acceptors (Lipinski definition) is 0. The fourth-order valence-corrected chi connectivity index (χ4v) is 2.17. The fourth-order valence-electron chi connectivity index (χ4n) is 2.17. The van der Waals surface area contributed by atoms with Crippen molar-refractivity contribution in [2.45, 2.75) is 59.8 Å². The highest BCUT2D eigenvalue weighted by atomic mass is 14.2. The second-order valence-corrected chi connectivity index (χ2v) is 5.37. The average molecular weight is 194 g/mol. The van der Waals surface area contributed by atoms with Crippen molar-refractivity contribution in [2.24, 2.45) is 17.8 Å². The maximum absolute atomic E-state index is 2.48. The van der Waals surface area contributed by atoms with Gasteiger partial charge in [0.1, 0.15) is 0 Å². The van der Waals surface area contributed by atoms with Crippen LogP contribution in [0.5, 0.6) is 0 Å². The first-order valence-corrected chi connectivity index (χ1v) is 6.30. The fraction of sp³-hybridized carbons (Fsp3) is 0.857. The van der Waals surface area contributed by atoms with Crippen molar-refractivity contribution in [3.63, 3.8) is 0 Å². The van der Waals surface area contributed by atoms with E-state index in [1.165, 1.54) is 32.1 Å². The molecule has 0 heterocycles.